The lowest BCUT2D eigenvalue weighted by Crippen LogP contribution is -2.12. The Morgan fingerprint density at radius 2 is 1.45 bits per heavy atom. The number of rotatable bonds is 6. The molecule has 0 aliphatic carbocycles. The highest BCUT2D eigenvalue weighted by Crippen LogP contribution is 2.28. The molecule has 0 heterocycles. The molecule has 2 rings (SSSR count). The van der Waals surface area contributed by atoms with Crippen LogP contribution in [0.3, 0.4) is 0 Å². The maximum atomic E-state index is 11.9. The molecule has 0 aromatic heterocycles. The topological polar surface area (TPSA) is 26.3 Å². The van der Waals surface area contributed by atoms with E-state index in [4.69, 9.17) is 4.74 Å². The van der Waals surface area contributed by atoms with Gasteiger partial charge in [-0.2, -0.15) is 0 Å². The Balaban J connectivity index is 2.19. The standard InChI is InChI=1S/C18H20O2/c1-2-13-20-18(19)14-17(15-9-5-3-6-10-15)16-11-7-4-8-12-16/h3-12,17H,2,13-14H2,1H3. The highest BCUT2D eigenvalue weighted by Gasteiger charge is 2.18. The molecule has 0 saturated carbocycles. The lowest BCUT2D eigenvalue weighted by Gasteiger charge is -2.17. The molecule has 0 aliphatic rings. The SMILES string of the molecule is CCCOC(=O)CC(c1ccccc1)c1ccccc1. The van der Waals surface area contributed by atoms with E-state index in [0.717, 1.165) is 17.5 Å². The second-order valence-electron chi connectivity index (χ2n) is 4.80. The summed E-state index contributed by atoms with van der Waals surface area (Å²) >= 11 is 0. The van der Waals surface area contributed by atoms with E-state index < -0.39 is 0 Å². The molecule has 2 aromatic rings. The molecule has 0 atom stereocenters. The molecule has 20 heavy (non-hydrogen) atoms. The monoisotopic (exact) mass is 268 g/mol. The molecule has 2 aromatic carbocycles. The fourth-order valence-electron chi connectivity index (χ4n) is 2.24. The van der Waals surface area contributed by atoms with Crippen LogP contribution in [0.2, 0.25) is 0 Å². The Kier molecular flexibility index (Phi) is 5.36. The maximum Gasteiger partial charge on any atom is 0.306 e. The summed E-state index contributed by atoms with van der Waals surface area (Å²) in [4.78, 5) is 11.9. The van der Waals surface area contributed by atoms with Crippen molar-refractivity contribution in [2.45, 2.75) is 25.7 Å². The summed E-state index contributed by atoms with van der Waals surface area (Å²) in [7, 11) is 0. The normalized spacial score (nSPS) is 10.5. The van der Waals surface area contributed by atoms with Gasteiger partial charge in [-0.05, 0) is 17.5 Å². The van der Waals surface area contributed by atoms with Gasteiger partial charge >= 0.3 is 5.97 Å². The van der Waals surface area contributed by atoms with Gasteiger partial charge in [0.2, 0.25) is 0 Å². The molecule has 0 bridgehead atoms. The van der Waals surface area contributed by atoms with Crippen molar-refractivity contribution in [1.82, 2.24) is 0 Å². The lowest BCUT2D eigenvalue weighted by atomic mass is 9.89. The molecule has 0 amide bonds. The van der Waals surface area contributed by atoms with Crippen molar-refractivity contribution in [3.63, 3.8) is 0 Å². The number of benzene rings is 2. The molecule has 0 N–H and O–H groups in total. The van der Waals surface area contributed by atoms with E-state index in [0.29, 0.717) is 13.0 Å². The van der Waals surface area contributed by atoms with Gasteiger partial charge in [0.1, 0.15) is 0 Å². The summed E-state index contributed by atoms with van der Waals surface area (Å²) in [6, 6.07) is 20.2. The second kappa shape index (κ2) is 7.49. The summed E-state index contributed by atoms with van der Waals surface area (Å²) in [6.45, 7) is 2.49. The van der Waals surface area contributed by atoms with Crippen molar-refractivity contribution in [1.29, 1.82) is 0 Å². The van der Waals surface area contributed by atoms with Crippen molar-refractivity contribution in [3.05, 3.63) is 71.8 Å². The summed E-state index contributed by atoms with van der Waals surface area (Å²) in [5.41, 5.74) is 2.29. The average molecular weight is 268 g/mol. The van der Waals surface area contributed by atoms with Gasteiger partial charge < -0.3 is 4.74 Å². The fraction of sp³-hybridized carbons (Fsp3) is 0.278. The Labute approximate surface area is 120 Å². The quantitative estimate of drug-likeness (QED) is 0.735. The highest BCUT2D eigenvalue weighted by molar-refractivity contribution is 5.71. The summed E-state index contributed by atoms with van der Waals surface area (Å²) in [5, 5.41) is 0. The molecule has 0 saturated heterocycles. The first-order chi connectivity index (χ1) is 9.81. The third kappa shape index (κ3) is 3.95. The third-order valence-electron chi connectivity index (χ3n) is 3.24. The number of ether oxygens (including phenoxy) is 1. The Hall–Kier alpha value is -2.09. The minimum absolute atomic E-state index is 0.0572. The maximum absolute atomic E-state index is 11.9. The van der Waals surface area contributed by atoms with Crippen molar-refractivity contribution >= 4 is 5.97 Å². The lowest BCUT2D eigenvalue weighted by molar-refractivity contribution is -0.143. The van der Waals surface area contributed by atoms with Crippen LogP contribution in [-0.4, -0.2) is 12.6 Å². The van der Waals surface area contributed by atoms with Crippen LogP contribution in [0.15, 0.2) is 60.7 Å². The van der Waals surface area contributed by atoms with Gasteiger partial charge in [-0.1, -0.05) is 67.6 Å². The van der Waals surface area contributed by atoms with Crippen LogP contribution in [0.5, 0.6) is 0 Å². The number of hydrogen-bond acceptors (Lipinski definition) is 2. The van der Waals surface area contributed by atoms with Crippen LogP contribution in [-0.2, 0) is 9.53 Å². The van der Waals surface area contributed by atoms with E-state index in [1.807, 2.05) is 43.3 Å². The molecule has 2 nitrogen and oxygen atoms in total. The van der Waals surface area contributed by atoms with Crippen LogP contribution in [0, 0.1) is 0 Å². The van der Waals surface area contributed by atoms with Gasteiger partial charge in [-0.15, -0.1) is 0 Å². The van der Waals surface area contributed by atoms with Gasteiger partial charge in [0.25, 0.3) is 0 Å². The number of carbonyl (C=O) groups is 1. The minimum Gasteiger partial charge on any atom is -0.466 e. The third-order valence-corrected chi connectivity index (χ3v) is 3.24. The molecule has 104 valence electrons. The van der Waals surface area contributed by atoms with E-state index in [9.17, 15) is 4.79 Å². The highest BCUT2D eigenvalue weighted by atomic mass is 16.5. The molecule has 0 aliphatic heterocycles. The van der Waals surface area contributed by atoms with E-state index >= 15 is 0 Å². The van der Waals surface area contributed by atoms with Gasteiger partial charge in [0.15, 0.2) is 0 Å². The zero-order valence-corrected chi connectivity index (χ0v) is 11.8. The predicted octanol–water partition coefficient (Wildman–Crippen LogP) is 4.16. The first-order valence-corrected chi connectivity index (χ1v) is 7.06. The van der Waals surface area contributed by atoms with Crippen molar-refractivity contribution < 1.29 is 9.53 Å². The first kappa shape index (κ1) is 14.3. The van der Waals surface area contributed by atoms with Gasteiger partial charge in [0, 0.05) is 5.92 Å². The minimum atomic E-state index is -0.135. The van der Waals surface area contributed by atoms with Crippen molar-refractivity contribution in [2.75, 3.05) is 6.61 Å². The van der Waals surface area contributed by atoms with Crippen LogP contribution in [0.25, 0.3) is 0 Å². The molecule has 0 fully saturated rings. The molecule has 0 unspecified atom stereocenters. The summed E-state index contributed by atoms with van der Waals surface area (Å²) in [5.74, 6) is -0.0775. The first-order valence-electron chi connectivity index (χ1n) is 7.06. The molecular formula is C18H20O2. The molecular weight excluding hydrogens is 248 g/mol. The summed E-state index contributed by atoms with van der Waals surface area (Å²) in [6.07, 6.45) is 1.24. The smallest absolute Gasteiger partial charge is 0.306 e. The van der Waals surface area contributed by atoms with Crippen LogP contribution >= 0.6 is 0 Å². The Morgan fingerprint density at radius 1 is 0.950 bits per heavy atom. The number of carbonyl (C=O) groups excluding carboxylic acids is 1. The number of hydrogen-bond donors (Lipinski definition) is 0. The van der Waals surface area contributed by atoms with Crippen LogP contribution in [0.4, 0.5) is 0 Å². The average Bonchev–Trinajstić information content (AvgIpc) is 2.52. The van der Waals surface area contributed by atoms with E-state index in [-0.39, 0.29) is 11.9 Å². The van der Waals surface area contributed by atoms with E-state index in [2.05, 4.69) is 24.3 Å². The van der Waals surface area contributed by atoms with Crippen molar-refractivity contribution in [3.8, 4) is 0 Å². The molecule has 0 spiro atoms. The summed E-state index contributed by atoms with van der Waals surface area (Å²) < 4.78 is 5.23. The van der Waals surface area contributed by atoms with Gasteiger partial charge in [0.05, 0.1) is 13.0 Å². The zero-order valence-electron chi connectivity index (χ0n) is 11.8. The van der Waals surface area contributed by atoms with Gasteiger partial charge in [-0.3, -0.25) is 4.79 Å². The second-order valence-corrected chi connectivity index (χ2v) is 4.80. The van der Waals surface area contributed by atoms with Crippen LogP contribution in [0.1, 0.15) is 36.8 Å². The number of esters is 1. The van der Waals surface area contributed by atoms with Crippen LogP contribution < -0.4 is 0 Å². The van der Waals surface area contributed by atoms with E-state index in [1.54, 1.807) is 0 Å². The molecule has 2 heteroatoms. The molecule has 0 radical (unpaired) electrons. The largest absolute Gasteiger partial charge is 0.466 e. The van der Waals surface area contributed by atoms with E-state index in [1.165, 1.54) is 0 Å². The Morgan fingerprint density at radius 3 is 1.90 bits per heavy atom. The zero-order chi connectivity index (χ0) is 14.2. The fourth-order valence-corrected chi connectivity index (χ4v) is 2.24. The van der Waals surface area contributed by atoms with Gasteiger partial charge in [-0.25, -0.2) is 0 Å². The Bertz CT molecular complexity index is 480. The van der Waals surface area contributed by atoms with Crippen molar-refractivity contribution in [2.24, 2.45) is 0 Å². The predicted molar refractivity (Wildman–Crippen MR) is 80.6 cm³/mol.